The summed E-state index contributed by atoms with van der Waals surface area (Å²) in [6.07, 6.45) is 0. The van der Waals surface area contributed by atoms with Crippen LogP contribution in [-0.2, 0) is 6.61 Å². The zero-order valence-electron chi connectivity index (χ0n) is 13.9. The van der Waals surface area contributed by atoms with E-state index in [1.165, 1.54) is 23.6 Å². The summed E-state index contributed by atoms with van der Waals surface area (Å²) < 4.78 is 15.6. The molecule has 0 amide bonds. The molecule has 0 fully saturated rings. The third-order valence-electron chi connectivity index (χ3n) is 4.04. The molecular weight excluding hydrogens is 321 g/mol. The summed E-state index contributed by atoms with van der Waals surface area (Å²) in [6, 6.07) is 12.2. The number of para-hydroxylation sites is 1. The molecule has 6 nitrogen and oxygen atoms in total. The van der Waals surface area contributed by atoms with Crippen LogP contribution in [0.15, 0.2) is 42.5 Å². The molecule has 25 heavy (non-hydrogen) atoms. The second-order valence-electron chi connectivity index (χ2n) is 5.69. The zero-order chi connectivity index (χ0) is 18.1. The van der Waals surface area contributed by atoms with Crippen LogP contribution in [-0.4, -0.2) is 27.5 Å². The highest BCUT2D eigenvalue weighted by Crippen LogP contribution is 2.29. The molecule has 7 heteroatoms. The zero-order valence-corrected chi connectivity index (χ0v) is 13.9. The van der Waals surface area contributed by atoms with Crippen LogP contribution in [0.1, 0.15) is 12.5 Å². The van der Waals surface area contributed by atoms with E-state index in [2.05, 4.69) is 4.98 Å². The van der Waals surface area contributed by atoms with E-state index in [-0.39, 0.29) is 17.0 Å². The van der Waals surface area contributed by atoms with Gasteiger partial charge in [-0.25, -0.2) is 4.39 Å². The molecular formula is C18H18FN5O. The van der Waals surface area contributed by atoms with Crippen molar-refractivity contribution in [2.45, 2.75) is 13.5 Å². The average molecular weight is 339 g/mol. The Hall–Kier alpha value is -3.06. The molecule has 0 saturated carbocycles. The fourth-order valence-electron chi connectivity index (χ4n) is 2.78. The Morgan fingerprint density at radius 3 is 2.56 bits per heavy atom. The Bertz CT molecular complexity index is 1010. The Labute approximate surface area is 143 Å². The van der Waals surface area contributed by atoms with Crippen molar-refractivity contribution in [2.75, 3.05) is 11.9 Å². The molecule has 1 aromatic heterocycles. The fraction of sp³-hybridized carbons (Fsp3) is 0.167. The van der Waals surface area contributed by atoms with Gasteiger partial charge in [0.25, 0.3) is 0 Å². The molecule has 3 N–H and O–H groups in total. The van der Waals surface area contributed by atoms with Gasteiger partial charge in [0.1, 0.15) is 17.5 Å². The van der Waals surface area contributed by atoms with Gasteiger partial charge in [-0.15, -0.1) is 0 Å². The van der Waals surface area contributed by atoms with Crippen molar-refractivity contribution in [3.05, 3.63) is 59.5 Å². The second kappa shape index (κ2) is 6.45. The standard InChI is InChI=1S/C18H18FN5O/c1-11(20)24-16-8-12(10-25)15(19)9-14(16)17(22-18(24)21)23(2)13-6-4-3-5-7-13/h3-9,20-21,25H,10H2,1-2H3. The highest BCUT2D eigenvalue weighted by Gasteiger charge is 2.17. The van der Waals surface area contributed by atoms with Crippen LogP contribution >= 0.6 is 0 Å². The number of hydrogen-bond donors (Lipinski definition) is 3. The normalized spacial score (nSPS) is 10.9. The number of halogens is 1. The summed E-state index contributed by atoms with van der Waals surface area (Å²) >= 11 is 0. The van der Waals surface area contributed by atoms with Crippen LogP contribution < -0.4 is 10.5 Å². The summed E-state index contributed by atoms with van der Waals surface area (Å²) in [5.74, 6) is -0.0505. The van der Waals surface area contributed by atoms with Crippen molar-refractivity contribution in [3.63, 3.8) is 0 Å². The number of fused-ring (bicyclic) bond motifs is 1. The van der Waals surface area contributed by atoms with Gasteiger partial charge in [-0.2, -0.15) is 4.98 Å². The van der Waals surface area contributed by atoms with Gasteiger partial charge in [-0.1, -0.05) is 18.2 Å². The van der Waals surface area contributed by atoms with E-state index in [0.29, 0.717) is 16.7 Å². The number of hydrogen-bond acceptors (Lipinski definition) is 5. The Morgan fingerprint density at radius 2 is 1.96 bits per heavy atom. The number of aliphatic hydroxyl groups excluding tert-OH is 1. The van der Waals surface area contributed by atoms with E-state index in [9.17, 15) is 9.50 Å². The molecule has 0 atom stereocenters. The van der Waals surface area contributed by atoms with E-state index in [0.717, 1.165) is 5.69 Å². The van der Waals surface area contributed by atoms with Crippen molar-refractivity contribution in [1.29, 1.82) is 10.8 Å². The summed E-state index contributed by atoms with van der Waals surface area (Å²) in [4.78, 5) is 6.05. The van der Waals surface area contributed by atoms with E-state index in [1.54, 1.807) is 11.9 Å². The van der Waals surface area contributed by atoms with Crippen LogP contribution in [0.2, 0.25) is 0 Å². The van der Waals surface area contributed by atoms with Gasteiger partial charge in [-0.05, 0) is 31.2 Å². The minimum atomic E-state index is -0.550. The monoisotopic (exact) mass is 339 g/mol. The van der Waals surface area contributed by atoms with Crippen molar-refractivity contribution in [3.8, 4) is 0 Å². The van der Waals surface area contributed by atoms with E-state index >= 15 is 0 Å². The molecule has 0 unspecified atom stereocenters. The van der Waals surface area contributed by atoms with Gasteiger partial charge in [0.15, 0.2) is 0 Å². The van der Waals surface area contributed by atoms with Gasteiger partial charge in [0.05, 0.1) is 12.1 Å². The quantitative estimate of drug-likeness (QED) is 0.506. The molecule has 2 aromatic carbocycles. The summed E-state index contributed by atoms with van der Waals surface area (Å²) in [5, 5.41) is 25.9. The smallest absolute Gasteiger partial charge is 0.230 e. The topological polar surface area (TPSA) is 89.0 Å². The highest BCUT2D eigenvalue weighted by molar-refractivity contribution is 5.97. The average Bonchev–Trinajstić information content (AvgIpc) is 2.60. The maximum atomic E-state index is 14.3. The second-order valence-corrected chi connectivity index (χ2v) is 5.69. The molecule has 128 valence electrons. The lowest BCUT2D eigenvalue weighted by molar-refractivity contribution is 0.276. The highest BCUT2D eigenvalue weighted by atomic mass is 19.1. The van der Waals surface area contributed by atoms with Crippen molar-refractivity contribution < 1.29 is 9.50 Å². The predicted octanol–water partition coefficient (Wildman–Crippen LogP) is 2.76. The van der Waals surface area contributed by atoms with Crippen molar-refractivity contribution >= 4 is 28.2 Å². The fourth-order valence-corrected chi connectivity index (χ4v) is 2.78. The molecule has 0 radical (unpaired) electrons. The number of aromatic nitrogens is 2. The van der Waals surface area contributed by atoms with Crippen LogP contribution in [0.5, 0.6) is 0 Å². The predicted molar refractivity (Wildman–Crippen MR) is 94.8 cm³/mol. The Kier molecular flexibility index (Phi) is 4.33. The first kappa shape index (κ1) is 16.8. The van der Waals surface area contributed by atoms with Crippen LogP contribution in [0.3, 0.4) is 0 Å². The van der Waals surface area contributed by atoms with Crippen LogP contribution in [0.25, 0.3) is 10.9 Å². The number of anilines is 2. The number of nitrogens with zero attached hydrogens (tertiary/aromatic N) is 3. The van der Waals surface area contributed by atoms with Gasteiger partial charge < -0.3 is 10.0 Å². The van der Waals surface area contributed by atoms with Crippen LogP contribution in [0, 0.1) is 16.6 Å². The number of benzene rings is 2. The van der Waals surface area contributed by atoms with E-state index < -0.39 is 12.4 Å². The lowest BCUT2D eigenvalue weighted by Gasteiger charge is -2.22. The van der Waals surface area contributed by atoms with Gasteiger partial charge in [0.2, 0.25) is 5.62 Å². The van der Waals surface area contributed by atoms with Crippen molar-refractivity contribution in [1.82, 2.24) is 9.55 Å². The summed E-state index contributed by atoms with van der Waals surface area (Å²) in [7, 11) is 1.79. The number of nitrogens with one attached hydrogen (secondary N) is 2. The van der Waals surface area contributed by atoms with Crippen LogP contribution in [0.4, 0.5) is 15.9 Å². The minimum absolute atomic E-state index is 0.0897. The van der Waals surface area contributed by atoms with Gasteiger partial charge in [-0.3, -0.25) is 15.4 Å². The summed E-state index contributed by atoms with van der Waals surface area (Å²) in [5.41, 5.74) is 1.28. The number of rotatable bonds is 3. The third kappa shape index (κ3) is 2.89. The van der Waals surface area contributed by atoms with Crippen molar-refractivity contribution in [2.24, 2.45) is 0 Å². The van der Waals surface area contributed by atoms with Gasteiger partial charge >= 0.3 is 0 Å². The first-order valence-corrected chi connectivity index (χ1v) is 7.69. The lowest BCUT2D eigenvalue weighted by atomic mass is 10.1. The molecule has 0 aliphatic heterocycles. The number of aliphatic hydroxyl groups is 1. The molecule has 1 heterocycles. The molecule has 3 rings (SSSR count). The molecule has 0 saturated heterocycles. The Morgan fingerprint density at radius 1 is 1.28 bits per heavy atom. The minimum Gasteiger partial charge on any atom is -0.392 e. The third-order valence-corrected chi connectivity index (χ3v) is 4.04. The maximum Gasteiger partial charge on any atom is 0.230 e. The summed E-state index contributed by atoms with van der Waals surface area (Å²) in [6.45, 7) is 1.07. The molecule has 0 bridgehead atoms. The first-order chi connectivity index (χ1) is 11.9. The largest absolute Gasteiger partial charge is 0.392 e. The SMILES string of the molecule is CC(=N)n1c(=N)nc(N(C)c2ccccc2)c2cc(F)c(CO)cc21. The first-order valence-electron chi connectivity index (χ1n) is 7.69. The van der Waals surface area contributed by atoms with E-state index in [1.807, 2.05) is 30.3 Å². The van der Waals surface area contributed by atoms with E-state index in [4.69, 9.17) is 10.8 Å². The molecule has 0 aliphatic carbocycles. The molecule has 3 aromatic rings. The molecule has 0 aliphatic rings. The molecule has 0 spiro atoms. The Balaban J connectivity index is 2.37. The maximum absolute atomic E-state index is 14.3. The lowest BCUT2D eigenvalue weighted by Crippen LogP contribution is -2.30. The van der Waals surface area contributed by atoms with Gasteiger partial charge in [0, 0.05) is 23.7 Å².